The molecule has 2 aromatic rings. The van der Waals surface area contributed by atoms with E-state index in [4.69, 9.17) is 11.6 Å². The highest BCUT2D eigenvalue weighted by Gasteiger charge is 2.31. The van der Waals surface area contributed by atoms with Crippen LogP contribution >= 0.6 is 11.6 Å². The minimum atomic E-state index is -4.72. The topological polar surface area (TPSA) is 35.0 Å². The Kier molecular flexibility index (Phi) is 3.38. The Balaban J connectivity index is 2.33. The highest BCUT2D eigenvalue weighted by Crippen LogP contribution is 2.27. The summed E-state index contributed by atoms with van der Waals surface area (Å²) in [6.07, 6.45) is -3.30. The molecule has 0 aliphatic heterocycles. The number of rotatable bonds is 2. The van der Waals surface area contributed by atoms with Crippen molar-refractivity contribution in [3.05, 3.63) is 41.8 Å². The molecule has 1 aromatic carbocycles. The summed E-state index contributed by atoms with van der Waals surface area (Å²) in [7, 11) is 0. The molecule has 2 rings (SSSR count). The smallest absolute Gasteiger partial charge is 0.406 e. The summed E-state index contributed by atoms with van der Waals surface area (Å²) in [4.78, 5) is 7.59. The van der Waals surface area contributed by atoms with Gasteiger partial charge < -0.3 is 4.74 Å². The first-order valence-electron chi connectivity index (χ1n) is 4.79. The van der Waals surface area contributed by atoms with Gasteiger partial charge in [0.15, 0.2) is 0 Å². The van der Waals surface area contributed by atoms with Crippen LogP contribution in [0.2, 0.25) is 5.28 Å². The first-order valence-corrected chi connectivity index (χ1v) is 5.16. The van der Waals surface area contributed by atoms with E-state index in [2.05, 4.69) is 14.7 Å². The maximum absolute atomic E-state index is 12.1. The van der Waals surface area contributed by atoms with Gasteiger partial charge in [-0.2, -0.15) is 0 Å². The van der Waals surface area contributed by atoms with Crippen LogP contribution in [0.5, 0.6) is 5.75 Å². The third-order valence-corrected chi connectivity index (χ3v) is 2.17. The van der Waals surface area contributed by atoms with E-state index >= 15 is 0 Å². The molecule has 0 radical (unpaired) electrons. The maximum Gasteiger partial charge on any atom is 0.573 e. The van der Waals surface area contributed by atoms with Gasteiger partial charge in [-0.25, -0.2) is 9.97 Å². The molecule has 0 fully saturated rings. The van der Waals surface area contributed by atoms with Gasteiger partial charge in [-0.15, -0.1) is 13.2 Å². The fourth-order valence-corrected chi connectivity index (χ4v) is 1.50. The second kappa shape index (κ2) is 4.81. The second-order valence-electron chi connectivity index (χ2n) is 3.29. The molecule has 0 atom stereocenters. The summed E-state index contributed by atoms with van der Waals surface area (Å²) < 4.78 is 40.0. The van der Waals surface area contributed by atoms with Gasteiger partial charge in [0.05, 0.1) is 5.69 Å². The maximum atomic E-state index is 12.1. The molecular weight excluding hydrogens is 269 g/mol. The van der Waals surface area contributed by atoms with E-state index in [9.17, 15) is 13.2 Å². The van der Waals surface area contributed by atoms with Crippen LogP contribution in [0.1, 0.15) is 0 Å². The molecule has 7 heteroatoms. The summed E-state index contributed by atoms with van der Waals surface area (Å²) in [6.45, 7) is 0. The molecule has 0 aliphatic carbocycles. The van der Waals surface area contributed by atoms with Crippen molar-refractivity contribution >= 4 is 11.6 Å². The molecule has 0 aliphatic rings. The van der Waals surface area contributed by atoms with Crippen LogP contribution in [0.15, 0.2) is 36.5 Å². The number of halogens is 4. The van der Waals surface area contributed by atoms with Crippen molar-refractivity contribution in [3.63, 3.8) is 0 Å². The zero-order valence-electron chi connectivity index (χ0n) is 8.78. The average Bonchev–Trinajstić information content (AvgIpc) is 2.27. The predicted octanol–water partition coefficient (Wildman–Crippen LogP) is 3.70. The van der Waals surface area contributed by atoms with Gasteiger partial charge in [0, 0.05) is 11.8 Å². The lowest BCUT2D eigenvalue weighted by atomic mass is 10.1. The summed E-state index contributed by atoms with van der Waals surface area (Å²) in [5.74, 6) is -0.310. The number of nitrogens with zero attached hydrogens (tertiary/aromatic N) is 2. The van der Waals surface area contributed by atoms with Crippen LogP contribution in [0.25, 0.3) is 11.3 Å². The van der Waals surface area contributed by atoms with E-state index in [0.29, 0.717) is 11.3 Å². The van der Waals surface area contributed by atoms with Crippen molar-refractivity contribution < 1.29 is 17.9 Å². The lowest BCUT2D eigenvalue weighted by Gasteiger charge is -2.09. The largest absolute Gasteiger partial charge is 0.573 e. The van der Waals surface area contributed by atoms with Crippen molar-refractivity contribution in [3.8, 4) is 17.0 Å². The molecule has 3 nitrogen and oxygen atoms in total. The summed E-state index contributed by atoms with van der Waals surface area (Å²) in [5, 5.41) is 0.0228. The first kappa shape index (κ1) is 12.6. The highest BCUT2D eigenvalue weighted by atomic mass is 35.5. The molecule has 0 N–H and O–H groups in total. The molecule has 0 bridgehead atoms. The summed E-state index contributed by atoms with van der Waals surface area (Å²) >= 11 is 5.61. The molecule has 0 unspecified atom stereocenters. The van der Waals surface area contributed by atoms with Crippen LogP contribution in [-0.4, -0.2) is 16.3 Å². The van der Waals surface area contributed by atoms with E-state index < -0.39 is 6.36 Å². The van der Waals surface area contributed by atoms with Crippen LogP contribution in [-0.2, 0) is 0 Å². The molecule has 0 amide bonds. The van der Waals surface area contributed by atoms with Gasteiger partial charge in [-0.1, -0.05) is 12.1 Å². The van der Waals surface area contributed by atoms with Crippen molar-refractivity contribution in [1.82, 2.24) is 9.97 Å². The Morgan fingerprint density at radius 2 is 1.94 bits per heavy atom. The first-order chi connectivity index (χ1) is 8.44. The zero-order valence-corrected chi connectivity index (χ0v) is 9.53. The number of alkyl halides is 3. The SMILES string of the molecule is FC(F)(F)Oc1cccc(-c2ccnc(Cl)n2)c1. The minimum absolute atomic E-state index is 0.0228. The van der Waals surface area contributed by atoms with Crippen molar-refractivity contribution in [2.45, 2.75) is 6.36 Å². The number of ether oxygens (including phenoxy) is 1. The van der Waals surface area contributed by atoms with E-state index in [1.54, 1.807) is 12.1 Å². The van der Waals surface area contributed by atoms with Gasteiger partial charge in [0.2, 0.25) is 5.28 Å². The van der Waals surface area contributed by atoms with Gasteiger partial charge in [-0.3, -0.25) is 0 Å². The van der Waals surface area contributed by atoms with Gasteiger partial charge in [0.1, 0.15) is 5.75 Å². The third-order valence-electron chi connectivity index (χ3n) is 1.99. The van der Waals surface area contributed by atoms with E-state index in [0.717, 1.165) is 0 Å². The molecule has 0 spiro atoms. The fourth-order valence-electron chi connectivity index (χ4n) is 1.35. The Bertz CT molecular complexity index is 560. The van der Waals surface area contributed by atoms with Crippen LogP contribution in [0, 0.1) is 0 Å². The van der Waals surface area contributed by atoms with Crippen molar-refractivity contribution in [2.75, 3.05) is 0 Å². The Morgan fingerprint density at radius 1 is 1.17 bits per heavy atom. The van der Waals surface area contributed by atoms with E-state index in [-0.39, 0.29) is 11.0 Å². The van der Waals surface area contributed by atoms with Gasteiger partial charge >= 0.3 is 6.36 Å². The molecule has 1 heterocycles. The molecule has 18 heavy (non-hydrogen) atoms. The summed E-state index contributed by atoms with van der Waals surface area (Å²) in [5.41, 5.74) is 0.878. The summed E-state index contributed by atoms with van der Waals surface area (Å²) in [6, 6.07) is 7.01. The normalized spacial score (nSPS) is 11.3. The average molecular weight is 275 g/mol. The predicted molar refractivity (Wildman–Crippen MR) is 59.2 cm³/mol. The van der Waals surface area contributed by atoms with E-state index in [1.165, 1.54) is 24.4 Å². The number of benzene rings is 1. The van der Waals surface area contributed by atoms with Crippen LogP contribution in [0.4, 0.5) is 13.2 Å². The molecule has 94 valence electrons. The minimum Gasteiger partial charge on any atom is -0.406 e. The van der Waals surface area contributed by atoms with Crippen LogP contribution < -0.4 is 4.74 Å². The highest BCUT2D eigenvalue weighted by molar-refractivity contribution is 6.28. The van der Waals surface area contributed by atoms with Crippen LogP contribution in [0.3, 0.4) is 0 Å². The number of aromatic nitrogens is 2. The zero-order chi connectivity index (χ0) is 13.2. The van der Waals surface area contributed by atoms with Gasteiger partial charge in [0.25, 0.3) is 0 Å². The molecule has 0 saturated carbocycles. The number of hydrogen-bond donors (Lipinski definition) is 0. The third kappa shape index (κ3) is 3.33. The number of hydrogen-bond acceptors (Lipinski definition) is 3. The fraction of sp³-hybridized carbons (Fsp3) is 0.0909. The monoisotopic (exact) mass is 274 g/mol. The Hall–Kier alpha value is -1.82. The lowest BCUT2D eigenvalue weighted by Crippen LogP contribution is -2.17. The second-order valence-corrected chi connectivity index (χ2v) is 3.62. The Morgan fingerprint density at radius 3 is 2.61 bits per heavy atom. The quantitative estimate of drug-likeness (QED) is 0.783. The van der Waals surface area contributed by atoms with Gasteiger partial charge in [-0.05, 0) is 29.8 Å². The molecule has 0 saturated heterocycles. The van der Waals surface area contributed by atoms with Crippen molar-refractivity contribution in [2.24, 2.45) is 0 Å². The standard InChI is InChI=1S/C11H6ClF3N2O/c12-10-16-5-4-9(17-10)7-2-1-3-8(6-7)18-11(13,14)15/h1-6H. The molecular formula is C11H6ClF3N2O. The van der Waals surface area contributed by atoms with E-state index in [1.807, 2.05) is 0 Å². The lowest BCUT2D eigenvalue weighted by molar-refractivity contribution is -0.274. The van der Waals surface area contributed by atoms with Crippen molar-refractivity contribution in [1.29, 1.82) is 0 Å². The Labute approximate surface area is 105 Å². The molecule has 1 aromatic heterocycles.